The lowest BCUT2D eigenvalue weighted by atomic mass is 10.1. The number of alkyl halides is 2. The Balaban J connectivity index is 2.32. The summed E-state index contributed by atoms with van der Waals surface area (Å²) in [6.07, 6.45) is -1.33. The van der Waals surface area contributed by atoms with Gasteiger partial charge < -0.3 is 30.5 Å². The number of rotatable bonds is 14. The smallest absolute Gasteiger partial charge is 0.303 e. The number of ether oxygens (including phenoxy) is 2. The normalized spacial score (nSPS) is 12.6. The maximum Gasteiger partial charge on any atom is 0.303 e. The highest BCUT2D eigenvalue weighted by Gasteiger charge is 2.31. The van der Waals surface area contributed by atoms with Crippen molar-refractivity contribution < 1.29 is 29.0 Å². The average molecular weight is 526 g/mol. The van der Waals surface area contributed by atoms with Crippen LogP contribution in [0.5, 0.6) is 11.5 Å². The van der Waals surface area contributed by atoms with Gasteiger partial charge in [0.25, 0.3) is 5.91 Å². The number of hydrogen-bond acceptors (Lipinski definition) is 6. The lowest BCUT2D eigenvalue weighted by molar-refractivity contribution is -0.137. The van der Waals surface area contributed by atoms with Crippen LogP contribution >= 0.6 is 23.2 Å². The molecule has 2 amide bonds. The summed E-state index contributed by atoms with van der Waals surface area (Å²) in [6, 6.07) is 14.8. The number of hydrogen-bond donors (Lipinski definition) is 3. The van der Waals surface area contributed by atoms with E-state index in [0.29, 0.717) is 23.7 Å². The van der Waals surface area contributed by atoms with E-state index in [2.05, 4.69) is 5.32 Å². The molecule has 0 aliphatic heterocycles. The molecule has 0 spiro atoms. The molecule has 0 saturated heterocycles. The first kappa shape index (κ1) is 28.4. The summed E-state index contributed by atoms with van der Waals surface area (Å²) in [4.78, 5) is 36.4. The van der Waals surface area contributed by atoms with Gasteiger partial charge in [-0.15, -0.1) is 0 Å². The summed E-state index contributed by atoms with van der Waals surface area (Å²) in [7, 11) is 0. The van der Waals surface area contributed by atoms with Crippen LogP contribution in [0.1, 0.15) is 31.5 Å². The Morgan fingerprint density at radius 3 is 2.26 bits per heavy atom. The number of carboxylic acid groups (broad SMARTS) is 1. The van der Waals surface area contributed by atoms with E-state index in [4.69, 9.17) is 43.5 Å². The van der Waals surface area contributed by atoms with Crippen molar-refractivity contribution >= 4 is 41.0 Å². The number of nitrogens with two attached hydrogens (primary N) is 1. The Bertz CT molecular complexity index is 959. The number of aliphatic carboxylic acids is 1. The second-order valence-corrected chi connectivity index (χ2v) is 8.56. The van der Waals surface area contributed by atoms with Crippen LogP contribution in [0.15, 0.2) is 54.6 Å². The molecule has 0 bridgehead atoms. The first-order valence-electron chi connectivity index (χ1n) is 11.0. The third-order valence-corrected chi connectivity index (χ3v) is 5.30. The number of nitrogens with one attached hydrogen (secondary N) is 1. The fourth-order valence-corrected chi connectivity index (χ4v) is 3.39. The summed E-state index contributed by atoms with van der Waals surface area (Å²) in [5.74, 6) is -1.14. The molecule has 2 unspecified atom stereocenters. The van der Waals surface area contributed by atoms with Gasteiger partial charge in [-0.05, 0) is 43.2 Å². The Labute approximate surface area is 214 Å². The van der Waals surface area contributed by atoms with Crippen LogP contribution in [-0.2, 0) is 19.1 Å². The van der Waals surface area contributed by atoms with Crippen LogP contribution < -0.4 is 15.8 Å². The standard InChI is InChI=1S/C24H29Cl2N3O6/c1-2-34-15-14-29(24(33)21(25)26)22(28-23(32)19(27)12-13-20(30)31)16-8-10-18(11-9-16)35-17-6-4-3-5-7-17/h3-11,19,21-22H,2,12-15,27H2,1H3,(H,28,32)(H,30,31). The number of nitrogens with zero attached hydrogens (tertiary/aromatic N) is 1. The van der Waals surface area contributed by atoms with Crippen molar-refractivity contribution in [3.05, 3.63) is 60.2 Å². The molecule has 4 N–H and O–H groups in total. The number of para-hydroxylation sites is 1. The molecule has 2 aromatic rings. The summed E-state index contributed by atoms with van der Waals surface area (Å²) < 4.78 is 11.2. The van der Waals surface area contributed by atoms with Crippen molar-refractivity contribution in [2.24, 2.45) is 5.73 Å². The molecule has 0 aliphatic carbocycles. The zero-order valence-corrected chi connectivity index (χ0v) is 20.7. The maximum absolute atomic E-state index is 12.8. The summed E-state index contributed by atoms with van der Waals surface area (Å²) in [5.41, 5.74) is 6.41. The highest BCUT2D eigenvalue weighted by Crippen LogP contribution is 2.26. The van der Waals surface area contributed by atoms with E-state index in [9.17, 15) is 14.4 Å². The van der Waals surface area contributed by atoms with E-state index in [1.54, 1.807) is 24.3 Å². The molecule has 2 rings (SSSR count). The minimum Gasteiger partial charge on any atom is -0.481 e. The summed E-state index contributed by atoms with van der Waals surface area (Å²) >= 11 is 11.8. The number of carbonyl (C=O) groups is 3. The summed E-state index contributed by atoms with van der Waals surface area (Å²) in [5, 5.41) is 11.6. The van der Waals surface area contributed by atoms with Crippen LogP contribution in [0.25, 0.3) is 0 Å². The van der Waals surface area contributed by atoms with Gasteiger partial charge in [0.2, 0.25) is 5.91 Å². The van der Waals surface area contributed by atoms with Crippen LogP contribution in [0, 0.1) is 0 Å². The van der Waals surface area contributed by atoms with E-state index in [1.165, 1.54) is 4.90 Å². The molecule has 35 heavy (non-hydrogen) atoms. The molecule has 0 fully saturated rings. The lowest BCUT2D eigenvalue weighted by Gasteiger charge is -2.34. The largest absolute Gasteiger partial charge is 0.481 e. The van der Waals surface area contributed by atoms with Gasteiger partial charge >= 0.3 is 5.97 Å². The van der Waals surface area contributed by atoms with E-state index in [0.717, 1.165) is 0 Å². The first-order valence-corrected chi connectivity index (χ1v) is 11.9. The number of amides is 2. The molecule has 0 heterocycles. The van der Waals surface area contributed by atoms with Gasteiger partial charge in [-0.2, -0.15) is 0 Å². The second-order valence-electron chi connectivity index (χ2n) is 7.46. The Morgan fingerprint density at radius 2 is 1.69 bits per heavy atom. The summed E-state index contributed by atoms with van der Waals surface area (Å²) in [6.45, 7) is 2.50. The van der Waals surface area contributed by atoms with Gasteiger partial charge in [0.1, 0.15) is 17.7 Å². The van der Waals surface area contributed by atoms with Gasteiger partial charge in [0.15, 0.2) is 4.84 Å². The third-order valence-electron chi connectivity index (χ3n) is 4.92. The van der Waals surface area contributed by atoms with Crippen molar-refractivity contribution in [1.29, 1.82) is 0 Å². The topological polar surface area (TPSA) is 131 Å². The van der Waals surface area contributed by atoms with Gasteiger partial charge in [0.05, 0.1) is 12.6 Å². The quantitative estimate of drug-likeness (QED) is 0.195. The number of benzene rings is 2. The zero-order valence-electron chi connectivity index (χ0n) is 19.2. The second kappa shape index (κ2) is 14.5. The third kappa shape index (κ3) is 9.37. The first-order chi connectivity index (χ1) is 16.7. The molecule has 9 nitrogen and oxygen atoms in total. The average Bonchev–Trinajstić information content (AvgIpc) is 2.84. The highest BCUT2D eigenvalue weighted by molar-refractivity contribution is 6.53. The Kier molecular flexibility index (Phi) is 11.8. The monoisotopic (exact) mass is 525 g/mol. The molecule has 190 valence electrons. The predicted molar refractivity (Wildman–Crippen MR) is 132 cm³/mol. The molecule has 0 aromatic heterocycles. The van der Waals surface area contributed by atoms with Gasteiger partial charge in [0, 0.05) is 19.6 Å². The van der Waals surface area contributed by atoms with E-state index in [-0.39, 0.29) is 26.0 Å². The molecule has 2 aromatic carbocycles. The number of carbonyl (C=O) groups excluding carboxylic acids is 2. The van der Waals surface area contributed by atoms with E-state index >= 15 is 0 Å². The van der Waals surface area contributed by atoms with Crippen molar-refractivity contribution in [1.82, 2.24) is 10.2 Å². The van der Waals surface area contributed by atoms with Crippen LogP contribution in [0.4, 0.5) is 0 Å². The van der Waals surface area contributed by atoms with Crippen molar-refractivity contribution in [2.45, 2.75) is 36.8 Å². The van der Waals surface area contributed by atoms with E-state index in [1.807, 2.05) is 37.3 Å². The number of carboxylic acids is 1. The minimum absolute atomic E-state index is 0.0712. The highest BCUT2D eigenvalue weighted by atomic mass is 35.5. The molecule has 0 saturated carbocycles. The van der Waals surface area contributed by atoms with Crippen LogP contribution in [-0.4, -0.2) is 58.4 Å². The molecule has 0 radical (unpaired) electrons. The SMILES string of the molecule is CCOCCN(C(=O)C(Cl)Cl)C(NC(=O)C(N)CCC(=O)O)c1ccc(Oc2ccccc2)cc1. The van der Waals surface area contributed by atoms with Gasteiger partial charge in [-0.25, -0.2) is 0 Å². The fraction of sp³-hybridized carbons (Fsp3) is 0.375. The lowest BCUT2D eigenvalue weighted by Crippen LogP contribution is -2.51. The predicted octanol–water partition coefficient (Wildman–Crippen LogP) is 3.45. The Morgan fingerprint density at radius 1 is 1.06 bits per heavy atom. The Hall–Kier alpha value is -2.85. The maximum atomic E-state index is 12.8. The fourth-order valence-electron chi connectivity index (χ4n) is 3.13. The van der Waals surface area contributed by atoms with Crippen molar-refractivity contribution in [2.75, 3.05) is 19.8 Å². The van der Waals surface area contributed by atoms with E-state index < -0.39 is 34.8 Å². The van der Waals surface area contributed by atoms with Gasteiger partial charge in [-0.3, -0.25) is 14.4 Å². The molecular formula is C24H29Cl2N3O6. The van der Waals surface area contributed by atoms with Crippen LogP contribution in [0.2, 0.25) is 0 Å². The minimum atomic E-state index is -1.38. The molecule has 11 heteroatoms. The van der Waals surface area contributed by atoms with Crippen molar-refractivity contribution in [3.8, 4) is 11.5 Å². The van der Waals surface area contributed by atoms with Crippen molar-refractivity contribution in [3.63, 3.8) is 0 Å². The molecule has 2 atom stereocenters. The molecule has 0 aliphatic rings. The van der Waals surface area contributed by atoms with Crippen LogP contribution in [0.3, 0.4) is 0 Å². The molecular weight excluding hydrogens is 497 g/mol. The zero-order chi connectivity index (χ0) is 25.8. The van der Waals surface area contributed by atoms with Gasteiger partial charge in [-0.1, -0.05) is 53.5 Å². The number of halogens is 2.